The fraction of sp³-hybridized carbons (Fsp3) is 0.786. The Morgan fingerprint density at radius 2 is 1.10 bits per heavy atom. The topological polar surface area (TPSA) is 18.5 Å². The lowest BCUT2D eigenvalue weighted by Crippen LogP contribution is -2.20. The van der Waals surface area contributed by atoms with E-state index < -0.39 is 0 Å². The van der Waals surface area contributed by atoms with Crippen molar-refractivity contribution in [1.29, 1.82) is 0 Å². The van der Waals surface area contributed by atoms with Crippen LogP contribution in [0.4, 0.5) is 0 Å². The van der Waals surface area contributed by atoms with E-state index >= 15 is 0 Å². The van der Waals surface area contributed by atoms with Gasteiger partial charge in [-0.25, -0.2) is 0 Å². The number of ether oxygens (including phenoxy) is 2. The molecule has 1 aliphatic rings. The summed E-state index contributed by atoms with van der Waals surface area (Å²) in [4.78, 5) is 0. The van der Waals surface area contributed by atoms with Crippen molar-refractivity contribution in [3.8, 4) is 11.5 Å². The Kier molecular flexibility index (Phi) is 13.8. The Balaban J connectivity index is 1.51. The van der Waals surface area contributed by atoms with Crippen LogP contribution in [-0.2, 0) is 0 Å². The standard InChI is InChI=1S/C28H48O2/c1-3-5-6-7-8-9-10-13-23-29-27-19-21-28(22-20-27)30-24-14-18-26-17-12-11-16-25(26)15-4-2/h19-22,25-26H,3-18,23-24H2,1-2H3. The maximum atomic E-state index is 5.99. The van der Waals surface area contributed by atoms with Gasteiger partial charge in [-0.1, -0.05) is 97.3 Å². The molecule has 2 heteroatoms. The molecule has 2 atom stereocenters. The molecule has 1 fully saturated rings. The van der Waals surface area contributed by atoms with Crippen molar-refractivity contribution in [3.63, 3.8) is 0 Å². The minimum atomic E-state index is 0.829. The predicted octanol–water partition coefficient (Wildman–Crippen LogP) is 8.97. The summed E-state index contributed by atoms with van der Waals surface area (Å²) in [5.74, 6) is 3.86. The highest BCUT2D eigenvalue weighted by molar-refractivity contribution is 5.31. The van der Waals surface area contributed by atoms with Crippen LogP contribution in [0, 0.1) is 11.8 Å². The highest BCUT2D eigenvalue weighted by Gasteiger charge is 2.23. The molecule has 1 aliphatic carbocycles. The van der Waals surface area contributed by atoms with Gasteiger partial charge in [0.2, 0.25) is 0 Å². The molecule has 2 nitrogen and oxygen atoms in total. The molecule has 172 valence electrons. The first-order valence-corrected chi connectivity index (χ1v) is 13.2. The maximum Gasteiger partial charge on any atom is 0.119 e. The fourth-order valence-electron chi connectivity index (χ4n) is 5.01. The zero-order valence-electron chi connectivity index (χ0n) is 20.0. The third-order valence-electron chi connectivity index (χ3n) is 6.80. The molecule has 1 saturated carbocycles. The molecule has 0 aromatic heterocycles. The Labute approximate surface area is 187 Å². The first-order chi connectivity index (χ1) is 14.8. The van der Waals surface area contributed by atoms with E-state index in [-0.39, 0.29) is 0 Å². The zero-order valence-corrected chi connectivity index (χ0v) is 20.0. The van der Waals surface area contributed by atoms with Crippen molar-refractivity contribution in [2.75, 3.05) is 13.2 Å². The number of rotatable bonds is 17. The van der Waals surface area contributed by atoms with E-state index in [4.69, 9.17) is 9.47 Å². The average molecular weight is 417 g/mol. The maximum absolute atomic E-state index is 5.99. The van der Waals surface area contributed by atoms with E-state index in [9.17, 15) is 0 Å². The second kappa shape index (κ2) is 16.5. The second-order valence-corrected chi connectivity index (χ2v) is 9.38. The van der Waals surface area contributed by atoms with Crippen molar-refractivity contribution in [2.24, 2.45) is 11.8 Å². The van der Waals surface area contributed by atoms with Crippen molar-refractivity contribution in [2.45, 2.75) is 117 Å². The summed E-state index contributed by atoms with van der Waals surface area (Å²) in [6.45, 7) is 6.28. The van der Waals surface area contributed by atoms with Crippen LogP contribution in [0.1, 0.15) is 117 Å². The minimum Gasteiger partial charge on any atom is -0.494 e. The van der Waals surface area contributed by atoms with Gasteiger partial charge < -0.3 is 9.47 Å². The van der Waals surface area contributed by atoms with E-state index in [1.54, 1.807) is 0 Å². The summed E-state index contributed by atoms with van der Waals surface area (Å²) < 4.78 is 11.9. The monoisotopic (exact) mass is 416 g/mol. The molecule has 0 aliphatic heterocycles. The van der Waals surface area contributed by atoms with Gasteiger partial charge in [0.25, 0.3) is 0 Å². The molecule has 1 aromatic carbocycles. The van der Waals surface area contributed by atoms with Gasteiger partial charge in [0.1, 0.15) is 11.5 Å². The van der Waals surface area contributed by atoms with Crippen LogP contribution in [0.25, 0.3) is 0 Å². The third kappa shape index (κ3) is 10.7. The quantitative estimate of drug-likeness (QED) is 0.236. The molecule has 1 aromatic rings. The lowest BCUT2D eigenvalue weighted by molar-refractivity contribution is 0.193. The van der Waals surface area contributed by atoms with Gasteiger partial charge in [-0.15, -0.1) is 0 Å². The molecule has 2 unspecified atom stereocenters. The molecule has 0 amide bonds. The summed E-state index contributed by atoms with van der Waals surface area (Å²) in [6, 6.07) is 8.23. The van der Waals surface area contributed by atoms with Gasteiger partial charge >= 0.3 is 0 Å². The van der Waals surface area contributed by atoms with E-state index in [1.165, 1.54) is 96.3 Å². The minimum absolute atomic E-state index is 0.829. The molecule has 0 heterocycles. The SMILES string of the molecule is CCCCCCCCCCOc1ccc(OCCCC2CCCCC2CCC)cc1. The van der Waals surface area contributed by atoms with E-state index in [0.717, 1.165) is 43.0 Å². The number of hydrogen-bond acceptors (Lipinski definition) is 2. The largest absolute Gasteiger partial charge is 0.494 e. The summed E-state index contributed by atoms with van der Waals surface area (Å²) >= 11 is 0. The van der Waals surface area contributed by atoms with Gasteiger partial charge in [0, 0.05) is 0 Å². The Morgan fingerprint density at radius 3 is 1.67 bits per heavy atom. The smallest absolute Gasteiger partial charge is 0.119 e. The molecule has 0 spiro atoms. The van der Waals surface area contributed by atoms with Gasteiger partial charge in [0.05, 0.1) is 13.2 Å². The summed E-state index contributed by atoms with van der Waals surface area (Å²) in [6.07, 6.45) is 21.8. The molecule has 0 radical (unpaired) electrons. The highest BCUT2D eigenvalue weighted by Crippen LogP contribution is 2.36. The second-order valence-electron chi connectivity index (χ2n) is 9.38. The van der Waals surface area contributed by atoms with E-state index in [2.05, 4.69) is 38.1 Å². The molecular weight excluding hydrogens is 368 g/mol. The molecule has 0 N–H and O–H groups in total. The van der Waals surface area contributed by atoms with Crippen molar-refractivity contribution >= 4 is 0 Å². The summed E-state index contributed by atoms with van der Waals surface area (Å²) in [5, 5.41) is 0. The fourth-order valence-corrected chi connectivity index (χ4v) is 5.01. The number of benzene rings is 1. The molecular formula is C28H48O2. The number of unbranched alkanes of at least 4 members (excludes halogenated alkanes) is 7. The average Bonchev–Trinajstić information content (AvgIpc) is 2.78. The third-order valence-corrected chi connectivity index (χ3v) is 6.80. The van der Waals surface area contributed by atoms with Crippen molar-refractivity contribution in [1.82, 2.24) is 0 Å². The van der Waals surface area contributed by atoms with Gasteiger partial charge in [0.15, 0.2) is 0 Å². The van der Waals surface area contributed by atoms with Gasteiger partial charge in [-0.2, -0.15) is 0 Å². The van der Waals surface area contributed by atoms with Crippen LogP contribution in [0.15, 0.2) is 24.3 Å². The van der Waals surface area contributed by atoms with Gasteiger partial charge in [-0.3, -0.25) is 0 Å². The Morgan fingerprint density at radius 1 is 0.600 bits per heavy atom. The van der Waals surface area contributed by atoms with Gasteiger partial charge in [-0.05, 0) is 55.4 Å². The Hall–Kier alpha value is -1.18. The molecule has 30 heavy (non-hydrogen) atoms. The lowest BCUT2D eigenvalue weighted by atomic mass is 9.75. The van der Waals surface area contributed by atoms with Crippen molar-refractivity contribution in [3.05, 3.63) is 24.3 Å². The molecule has 0 saturated heterocycles. The van der Waals surface area contributed by atoms with Crippen LogP contribution < -0.4 is 9.47 Å². The Bertz CT molecular complexity index is 508. The van der Waals surface area contributed by atoms with E-state index in [0.29, 0.717) is 0 Å². The van der Waals surface area contributed by atoms with Crippen LogP contribution >= 0.6 is 0 Å². The normalized spacial score (nSPS) is 19.0. The summed E-state index contributed by atoms with van der Waals surface area (Å²) in [7, 11) is 0. The van der Waals surface area contributed by atoms with Crippen molar-refractivity contribution < 1.29 is 9.47 Å². The first-order valence-electron chi connectivity index (χ1n) is 13.2. The van der Waals surface area contributed by atoms with E-state index in [1.807, 2.05) is 0 Å². The lowest BCUT2D eigenvalue weighted by Gasteiger charge is -2.31. The van der Waals surface area contributed by atoms with Crippen LogP contribution in [0.3, 0.4) is 0 Å². The van der Waals surface area contributed by atoms with Crippen LogP contribution in [0.5, 0.6) is 11.5 Å². The van der Waals surface area contributed by atoms with Crippen LogP contribution in [-0.4, -0.2) is 13.2 Å². The first kappa shape index (κ1) is 25.1. The molecule has 2 rings (SSSR count). The van der Waals surface area contributed by atoms with Crippen LogP contribution in [0.2, 0.25) is 0 Å². The highest BCUT2D eigenvalue weighted by atomic mass is 16.5. The zero-order chi connectivity index (χ0) is 21.3. The summed E-state index contributed by atoms with van der Waals surface area (Å²) in [5.41, 5.74) is 0. The number of hydrogen-bond donors (Lipinski definition) is 0. The predicted molar refractivity (Wildman–Crippen MR) is 130 cm³/mol. The molecule has 0 bridgehead atoms.